The topological polar surface area (TPSA) is 58.6 Å². The minimum Gasteiger partial charge on any atom is -0.497 e. The molecule has 1 amide bonds. The van der Waals surface area contributed by atoms with Crippen LogP contribution in [0.2, 0.25) is 0 Å². The lowest BCUT2D eigenvalue weighted by Gasteiger charge is -2.35. The van der Waals surface area contributed by atoms with Gasteiger partial charge in [0.2, 0.25) is 5.91 Å². The summed E-state index contributed by atoms with van der Waals surface area (Å²) >= 11 is 0. The van der Waals surface area contributed by atoms with Gasteiger partial charge in [0.15, 0.2) is 0 Å². The van der Waals surface area contributed by atoms with Crippen LogP contribution in [0.1, 0.15) is 30.1 Å². The van der Waals surface area contributed by atoms with E-state index in [1.165, 1.54) is 12.8 Å². The summed E-state index contributed by atoms with van der Waals surface area (Å²) in [6, 6.07) is 9.68. The van der Waals surface area contributed by atoms with Gasteiger partial charge in [0.1, 0.15) is 17.4 Å². The number of rotatable bonds is 5. The quantitative estimate of drug-likeness (QED) is 0.826. The molecule has 1 saturated carbocycles. The number of hydrogen-bond donors (Lipinski definition) is 0. The molecule has 1 saturated heterocycles. The Kier molecular flexibility index (Phi) is 4.73. The van der Waals surface area contributed by atoms with Crippen molar-refractivity contribution in [2.24, 2.45) is 0 Å². The molecule has 0 spiro atoms. The molecule has 2 aliphatic rings. The Labute approximate surface area is 153 Å². The van der Waals surface area contributed by atoms with Gasteiger partial charge in [-0.2, -0.15) is 0 Å². The molecule has 4 rings (SSSR count). The van der Waals surface area contributed by atoms with Crippen molar-refractivity contribution in [3.8, 4) is 5.75 Å². The Morgan fingerprint density at radius 1 is 1.19 bits per heavy atom. The standard InChI is InChI=1S/C20H24N4O2/c1-26-17-4-2-3-15(13-17)14-19(25)24-11-9-23(10-12-24)18-7-8-21-20(22-18)16-5-6-16/h2-4,7-8,13,16H,5-6,9-12,14H2,1H3. The number of aromatic nitrogens is 2. The van der Waals surface area contributed by atoms with Crippen molar-refractivity contribution in [2.75, 3.05) is 38.2 Å². The lowest BCUT2D eigenvalue weighted by Crippen LogP contribution is -2.49. The molecular weight excluding hydrogens is 328 g/mol. The average molecular weight is 352 g/mol. The van der Waals surface area contributed by atoms with Crippen LogP contribution < -0.4 is 9.64 Å². The molecule has 2 heterocycles. The summed E-state index contributed by atoms with van der Waals surface area (Å²) in [5.74, 6) is 3.47. The number of piperazine rings is 1. The fraction of sp³-hybridized carbons (Fsp3) is 0.450. The number of carbonyl (C=O) groups is 1. The second kappa shape index (κ2) is 7.32. The highest BCUT2D eigenvalue weighted by Gasteiger charge is 2.28. The Balaban J connectivity index is 1.34. The number of nitrogens with zero attached hydrogens (tertiary/aromatic N) is 4. The molecule has 0 unspecified atom stereocenters. The average Bonchev–Trinajstić information content (AvgIpc) is 3.54. The summed E-state index contributed by atoms with van der Waals surface area (Å²) in [6.07, 6.45) is 4.68. The summed E-state index contributed by atoms with van der Waals surface area (Å²) in [5.41, 5.74) is 0.988. The third-order valence-electron chi connectivity index (χ3n) is 5.05. The summed E-state index contributed by atoms with van der Waals surface area (Å²) in [4.78, 5) is 25.9. The van der Waals surface area contributed by atoms with Crippen LogP contribution in [-0.2, 0) is 11.2 Å². The number of anilines is 1. The van der Waals surface area contributed by atoms with Gasteiger partial charge in [0.25, 0.3) is 0 Å². The van der Waals surface area contributed by atoms with Crippen molar-refractivity contribution in [1.29, 1.82) is 0 Å². The van der Waals surface area contributed by atoms with Crippen LogP contribution in [0.15, 0.2) is 36.5 Å². The zero-order chi connectivity index (χ0) is 17.9. The van der Waals surface area contributed by atoms with Gasteiger partial charge in [-0.25, -0.2) is 9.97 Å². The molecule has 2 fully saturated rings. The predicted octanol–water partition coefficient (Wildman–Crippen LogP) is 2.25. The van der Waals surface area contributed by atoms with E-state index in [0.717, 1.165) is 49.1 Å². The molecule has 6 nitrogen and oxygen atoms in total. The first-order valence-corrected chi connectivity index (χ1v) is 9.21. The van der Waals surface area contributed by atoms with Gasteiger partial charge in [-0.15, -0.1) is 0 Å². The predicted molar refractivity (Wildman–Crippen MR) is 99.5 cm³/mol. The van der Waals surface area contributed by atoms with E-state index >= 15 is 0 Å². The Hall–Kier alpha value is -2.63. The highest BCUT2D eigenvalue weighted by molar-refractivity contribution is 5.79. The number of amides is 1. The van der Waals surface area contributed by atoms with Gasteiger partial charge >= 0.3 is 0 Å². The molecule has 1 aromatic carbocycles. The molecule has 26 heavy (non-hydrogen) atoms. The van der Waals surface area contributed by atoms with Crippen LogP contribution in [0.3, 0.4) is 0 Å². The summed E-state index contributed by atoms with van der Waals surface area (Å²) in [5, 5.41) is 0. The van der Waals surface area contributed by atoms with E-state index < -0.39 is 0 Å². The first kappa shape index (κ1) is 16.8. The number of benzene rings is 1. The number of methoxy groups -OCH3 is 1. The minimum atomic E-state index is 0.166. The van der Waals surface area contributed by atoms with Gasteiger partial charge in [-0.05, 0) is 36.6 Å². The summed E-state index contributed by atoms with van der Waals surface area (Å²) in [6.45, 7) is 3.08. The molecule has 1 aliphatic carbocycles. The van der Waals surface area contributed by atoms with Crippen LogP contribution in [-0.4, -0.2) is 54.1 Å². The smallest absolute Gasteiger partial charge is 0.227 e. The fourth-order valence-electron chi connectivity index (χ4n) is 3.33. The normalized spacial score (nSPS) is 17.3. The molecule has 0 radical (unpaired) electrons. The molecule has 1 aliphatic heterocycles. The highest BCUT2D eigenvalue weighted by atomic mass is 16.5. The van der Waals surface area contributed by atoms with Gasteiger partial charge in [0, 0.05) is 38.3 Å². The van der Waals surface area contributed by atoms with Crippen LogP contribution in [0, 0.1) is 0 Å². The second-order valence-corrected chi connectivity index (χ2v) is 6.94. The SMILES string of the molecule is COc1cccc(CC(=O)N2CCN(c3ccnc(C4CC4)n3)CC2)c1. The van der Waals surface area contributed by atoms with Crippen LogP contribution in [0.4, 0.5) is 5.82 Å². The van der Waals surface area contributed by atoms with Crippen molar-refractivity contribution in [3.63, 3.8) is 0 Å². The Morgan fingerprint density at radius 2 is 2.00 bits per heavy atom. The van der Waals surface area contributed by atoms with E-state index in [0.29, 0.717) is 12.3 Å². The zero-order valence-electron chi connectivity index (χ0n) is 15.1. The van der Waals surface area contributed by atoms with E-state index in [2.05, 4.69) is 9.88 Å². The molecule has 136 valence electrons. The van der Waals surface area contributed by atoms with Crippen molar-refractivity contribution in [1.82, 2.24) is 14.9 Å². The van der Waals surface area contributed by atoms with Crippen molar-refractivity contribution >= 4 is 11.7 Å². The van der Waals surface area contributed by atoms with Crippen molar-refractivity contribution < 1.29 is 9.53 Å². The van der Waals surface area contributed by atoms with Crippen molar-refractivity contribution in [3.05, 3.63) is 47.9 Å². The van der Waals surface area contributed by atoms with Crippen LogP contribution in [0.25, 0.3) is 0 Å². The summed E-state index contributed by atoms with van der Waals surface area (Å²) < 4.78 is 5.23. The van der Waals surface area contributed by atoms with E-state index in [-0.39, 0.29) is 5.91 Å². The van der Waals surface area contributed by atoms with Gasteiger partial charge in [-0.3, -0.25) is 4.79 Å². The van der Waals surface area contributed by atoms with E-state index in [1.54, 1.807) is 7.11 Å². The minimum absolute atomic E-state index is 0.166. The third kappa shape index (κ3) is 3.79. The van der Waals surface area contributed by atoms with Gasteiger partial charge in [-0.1, -0.05) is 12.1 Å². The van der Waals surface area contributed by atoms with Gasteiger partial charge < -0.3 is 14.5 Å². The largest absolute Gasteiger partial charge is 0.497 e. The van der Waals surface area contributed by atoms with E-state index in [4.69, 9.17) is 9.72 Å². The van der Waals surface area contributed by atoms with Crippen LogP contribution >= 0.6 is 0 Å². The molecule has 0 N–H and O–H groups in total. The highest BCUT2D eigenvalue weighted by Crippen LogP contribution is 2.38. The lowest BCUT2D eigenvalue weighted by molar-refractivity contribution is -0.130. The van der Waals surface area contributed by atoms with E-state index in [9.17, 15) is 4.79 Å². The zero-order valence-corrected chi connectivity index (χ0v) is 15.1. The molecule has 0 atom stereocenters. The molecule has 2 aromatic rings. The molecule has 1 aromatic heterocycles. The monoisotopic (exact) mass is 352 g/mol. The summed E-state index contributed by atoms with van der Waals surface area (Å²) in [7, 11) is 1.64. The lowest BCUT2D eigenvalue weighted by atomic mass is 10.1. The Bertz CT molecular complexity index is 783. The maximum atomic E-state index is 12.6. The van der Waals surface area contributed by atoms with Gasteiger partial charge in [0.05, 0.1) is 13.5 Å². The Morgan fingerprint density at radius 3 is 2.73 bits per heavy atom. The van der Waals surface area contributed by atoms with Crippen LogP contribution in [0.5, 0.6) is 5.75 Å². The number of hydrogen-bond acceptors (Lipinski definition) is 5. The first-order chi connectivity index (χ1) is 12.7. The maximum Gasteiger partial charge on any atom is 0.227 e. The van der Waals surface area contributed by atoms with E-state index in [1.807, 2.05) is 41.4 Å². The third-order valence-corrected chi connectivity index (χ3v) is 5.05. The number of ether oxygens (including phenoxy) is 1. The molecule has 6 heteroatoms. The maximum absolute atomic E-state index is 12.6. The fourth-order valence-corrected chi connectivity index (χ4v) is 3.33. The number of carbonyl (C=O) groups excluding carboxylic acids is 1. The first-order valence-electron chi connectivity index (χ1n) is 9.21. The van der Waals surface area contributed by atoms with Crippen molar-refractivity contribution in [2.45, 2.75) is 25.2 Å². The molecule has 0 bridgehead atoms. The second-order valence-electron chi connectivity index (χ2n) is 6.94. The molecular formula is C20H24N4O2.